The third-order valence-corrected chi connectivity index (χ3v) is 4.17. The molecule has 0 unspecified atom stereocenters. The Balaban J connectivity index is 2.66. The Hall–Kier alpha value is -0.170. The number of rotatable bonds is 5. The van der Waals surface area contributed by atoms with Gasteiger partial charge in [-0.15, -0.1) is 0 Å². The van der Waals surface area contributed by atoms with Gasteiger partial charge in [0.2, 0.25) is 0 Å². The van der Waals surface area contributed by atoms with Crippen LogP contribution in [0.5, 0.6) is 0 Å². The molecule has 0 bridgehead atoms. The van der Waals surface area contributed by atoms with Crippen LogP contribution in [0, 0.1) is 0 Å². The van der Waals surface area contributed by atoms with Crippen LogP contribution in [0.25, 0.3) is 0 Å². The summed E-state index contributed by atoms with van der Waals surface area (Å²) >= 11 is 0. The molecule has 3 N–H and O–H groups in total. The maximum Gasteiger partial charge on any atom is 0.277 e. The van der Waals surface area contributed by atoms with Crippen molar-refractivity contribution in [2.75, 3.05) is 13.2 Å². The van der Waals surface area contributed by atoms with E-state index < -0.39 is 15.7 Å². The lowest BCUT2D eigenvalue weighted by molar-refractivity contribution is 0.141. The van der Waals surface area contributed by atoms with Crippen molar-refractivity contribution in [2.24, 2.45) is 0 Å². The molecule has 0 radical (unpaired) electrons. The predicted molar refractivity (Wildman–Crippen MR) is 58.6 cm³/mol. The first-order valence-electron chi connectivity index (χ1n) is 5.43. The quantitative estimate of drug-likeness (QED) is 0.634. The summed E-state index contributed by atoms with van der Waals surface area (Å²) in [5.41, 5.74) is -0.640. The van der Waals surface area contributed by atoms with Crippen molar-refractivity contribution in [3.8, 4) is 0 Å². The van der Waals surface area contributed by atoms with Gasteiger partial charge in [0, 0.05) is 6.54 Å². The van der Waals surface area contributed by atoms with E-state index >= 15 is 0 Å². The molecule has 0 heterocycles. The van der Waals surface area contributed by atoms with Gasteiger partial charge in [0.1, 0.15) is 0 Å². The largest absolute Gasteiger partial charge is 0.394 e. The van der Waals surface area contributed by atoms with Crippen LogP contribution < -0.4 is 9.44 Å². The highest BCUT2D eigenvalue weighted by Gasteiger charge is 2.34. The van der Waals surface area contributed by atoms with Crippen LogP contribution in [-0.4, -0.2) is 32.2 Å². The summed E-state index contributed by atoms with van der Waals surface area (Å²) in [7, 11) is -3.46. The number of hydrogen-bond acceptors (Lipinski definition) is 3. The topological polar surface area (TPSA) is 78.4 Å². The third-order valence-electron chi connectivity index (χ3n) is 2.80. The minimum atomic E-state index is -3.46. The second kappa shape index (κ2) is 5.25. The van der Waals surface area contributed by atoms with Crippen molar-refractivity contribution in [1.29, 1.82) is 0 Å². The monoisotopic (exact) mass is 236 g/mol. The first-order valence-corrected chi connectivity index (χ1v) is 6.91. The molecule has 6 heteroatoms. The summed E-state index contributed by atoms with van der Waals surface area (Å²) in [5.74, 6) is 0. The van der Waals surface area contributed by atoms with E-state index in [2.05, 4.69) is 9.44 Å². The van der Waals surface area contributed by atoms with Gasteiger partial charge in [-0.25, -0.2) is 4.72 Å². The summed E-state index contributed by atoms with van der Waals surface area (Å²) in [6.45, 7) is 1.96. The lowest BCUT2D eigenvalue weighted by Gasteiger charge is -2.35. The molecule has 0 aromatic heterocycles. The van der Waals surface area contributed by atoms with Crippen LogP contribution in [0.15, 0.2) is 0 Å². The zero-order chi connectivity index (χ0) is 11.4. The maximum absolute atomic E-state index is 11.5. The van der Waals surface area contributed by atoms with Gasteiger partial charge in [0.15, 0.2) is 0 Å². The third kappa shape index (κ3) is 3.71. The zero-order valence-corrected chi connectivity index (χ0v) is 9.94. The van der Waals surface area contributed by atoms with Gasteiger partial charge in [-0.3, -0.25) is 0 Å². The van der Waals surface area contributed by atoms with E-state index in [1.54, 1.807) is 6.92 Å². The molecular weight excluding hydrogens is 216 g/mol. The Morgan fingerprint density at radius 3 is 2.33 bits per heavy atom. The standard InChI is InChI=1S/C9H20N2O3S/c1-2-10-15(13,14)11-9(8-12)6-4-3-5-7-9/h10-12H,2-8H2,1H3. The highest BCUT2D eigenvalue weighted by molar-refractivity contribution is 7.87. The number of hydrogen-bond donors (Lipinski definition) is 3. The van der Waals surface area contributed by atoms with E-state index in [1.165, 1.54) is 0 Å². The fourth-order valence-electron chi connectivity index (χ4n) is 2.03. The fourth-order valence-corrected chi connectivity index (χ4v) is 3.32. The lowest BCUT2D eigenvalue weighted by atomic mass is 9.83. The van der Waals surface area contributed by atoms with E-state index in [-0.39, 0.29) is 6.61 Å². The molecule has 15 heavy (non-hydrogen) atoms. The molecule has 5 nitrogen and oxygen atoms in total. The molecule has 0 amide bonds. The van der Waals surface area contributed by atoms with E-state index in [4.69, 9.17) is 0 Å². The van der Waals surface area contributed by atoms with Crippen LogP contribution in [0.2, 0.25) is 0 Å². The lowest BCUT2D eigenvalue weighted by Crippen LogP contribution is -2.55. The summed E-state index contributed by atoms with van der Waals surface area (Å²) in [4.78, 5) is 0. The molecule has 1 aliphatic carbocycles. The molecule has 90 valence electrons. The highest BCUT2D eigenvalue weighted by Crippen LogP contribution is 2.28. The normalized spacial score (nSPS) is 21.5. The molecule has 0 aliphatic heterocycles. The van der Waals surface area contributed by atoms with Gasteiger partial charge in [-0.2, -0.15) is 13.1 Å². The van der Waals surface area contributed by atoms with Gasteiger partial charge >= 0.3 is 0 Å². The molecule has 1 aliphatic rings. The first-order chi connectivity index (χ1) is 7.04. The Labute approximate surface area is 91.4 Å². The number of aliphatic hydroxyl groups excluding tert-OH is 1. The van der Waals surface area contributed by atoms with Crippen molar-refractivity contribution in [2.45, 2.75) is 44.6 Å². The van der Waals surface area contributed by atoms with Crippen molar-refractivity contribution in [3.05, 3.63) is 0 Å². The van der Waals surface area contributed by atoms with Crippen molar-refractivity contribution in [1.82, 2.24) is 9.44 Å². The van der Waals surface area contributed by atoms with Crippen molar-refractivity contribution < 1.29 is 13.5 Å². The molecule has 0 spiro atoms. The molecule has 1 fully saturated rings. The Bertz CT molecular complexity index is 284. The molecule has 0 atom stereocenters. The average Bonchev–Trinajstić information content (AvgIpc) is 2.18. The van der Waals surface area contributed by atoms with Gasteiger partial charge in [0.05, 0.1) is 12.1 Å². The van der Waals surface area contributed by atoms with Crippen molar-refractivity contribution >= 4 is 10.2 Å². The van der Waals surface area contributed by atoms with Gasteiger partial charge < -0.3 is 5.11 Å². The summed E-state index contributed by atoms with van der Waals surface area (Å²) < 4.78 is 28.0. The molecule has 0 aromatic rings. The van der Waals surface area contributed by atoms with Gasteiger partial charge in [-0.05, 0) is 12.8 Å². The van der Waals surface area contributed by atoms with E-state index in [1.807, 2.05) is 0 Å². The summed E-state index contributed by atoms with van der Waals surface area (Å²) in [6, 6.07) is 0. The van der Waals surface area contributed by atoms with Crippen LogP contribution in [0.3, 0.4) is 0 Å². The first kappa shape index (κ1) is 12.9. The predicted octanol–water partition coefficient (Wildman–Crippen LogP) is 0.125. The second-order valence-electron chi connectivity index (χ2n) is 4.10. The SMILES string of the molecule is CCNS(=O)(=O)NC1(CO)CCCCC1. The minimum absolute atomic E-state index is 0.127. The van der Waals surface area contributed by atoms with Crippen LogP contribution in [0.4, 0.5) is 0 Å². The highest BCUT2D eigenvalue weighted by atomic mass is 32.2. The second-order valence-corrected chi connectivity index (χ2v) is 5.60. The van der Waals surface area contributed by atoms with Gasteiger partial charge in [0.25, 0.3) is 10.2 Å². The molecule has 1 rings (SSSR count). The minimum Gasteiger partial charge on any atom is -0.394 e. The Kier molecular flexibility index (Phi) is 4.51. The number of aliphatic hydroxyl groups is 1. The van der Waals surface area contributed by atoms with E-state index in [0.717, 1.165) is 19.3 Å². The molecule has 1 saturated carbocycles. The summed E-state index contributed by atoms with van der Waals surface area (Å²) in [5, 5.41) is 9.32. The van der Waals surface area contributed by atoms with Crippen LogP contribution in [-0.2, 0) is 10.2 Å². The van der Waals surface area contributed by atoms with Crippen molar-refractivity contribution in [3.63, 3.8) is 0 Å². The van der Waals surface area contributed by atoms with Crippen LogP contribution >= 0.6 is 0 Å². The van der Waals surface area contributed by atoms with Gasteiger partial charge in [-0.1, -0.05) is 26.2 Å². The molecule has 0 aromatic carbocycles. The fraction of sp³-hybridized carbons (Fsp3) is 1.00. The Morgan fingerprint density at radius 2 is 1.87 bits per heavy atom. The average molecular weight is 236 g/mol. The number of nitrogens with one attached hydrogen (secondary N) is 2. The molecule has 0 saturated heterocycles. The van der Waals surface area contributed by atoms with Crippen LogP contribution in [0.1, 0.15) is 39.0 Å². The smallest absolute Gasteiger partial charge is 0.277 e. The molecular formula is C9H20N2O3S. The Morgan fingerprint density at radius 1 is 1.27 bits per heavy atom. The van der Waals surface area contributed by atoms with E-state index in [9.17, 15) is 13.5 Å². The summed E-state index contributed by atoms with van der Waals surface area (Å²) in [6.07, 6.45) is 4.48. The zero-order valence-electron chi connectivity index (χ0n) is 9.12. The van der Waals surface area contributed by atoms with E-state index in [0.29, 0.717) is 19.4 Å². The maximum atomic E-state index is 11.5.